The summed E-state index contributed by atoms with van der Waals surface area (Å²) in [5.41, 5.74) is 5.25. The van der Waals surface area contributed by atoms with Crippen molar-refractivity contribution in [2.24, 2.45) is 11.0 Å². The van der Waals surface area contributed by atoms with E-state index < -0.39 is 0 Å². The molecule has 0 aliphatic heterocycles. The number of rotatable bonds is 7. The average Bonchev–Trinajstić information content (AvgIpc) is 3.41. The Labute approximate surface area is 136 Å². The van der Waals surface area contributed by atoms with E-state index >= 15 is 0 Å². The number of nitrogens with one attached hydrogen (secondary N) is 1. The molecule has 1 aliphatic rings. The van der Waals surface area contributed by atoms with Crippen LogP contribution in [-0.4, -0.2) is 24.8 Å². The van der Waals surface area contributed by atoms with Gasteiger partial charge in [0.1, 0.15) is 6.61 Å². The first-order chi connectivity index (χ1) is 11.3. The summed E-state index contributed by atoms with van der Waals surface area (Å²) in [5.74, 6) is 0.422. The minimum atomic E-state index is -0.227. The molecule has 0 heterocycles. The van der Waals surface area contributed by atoms with Gasteiger partial charge in [0.05, 0.1) is 12.3 Å². The van der Waals surface area contributed by atoms with Crippen LogP contribution in [0.2, 0.25) is 0 Å². The lowest BCUT2D eigenvalue weighted by molar-refractivity contribution is -0.125. The lowest BCUT2D eigenvalue weighted by Gasteiger charge is -2.08. The molecule has 0 spiro atoms. The summed E-state index contributed by atoms with van der Waals surface area (Å²) in [5, 5.41) is 4.31. The Balaban J connectivity index is 1.68. The molecule has 118 valence electrons. The second-order valence-corrected chi connectivity index (χ2v) is 5.69. The van der Waals surface area contributed by atoms with Crippen LogP contribution in [0.15, 0.2) is 65.8 Å². The molecule has 1 aliphatic carbocycles. The third kappa shape index (κ3) is 4.76. The number of carbonyl (C=O) groups is 1. The van der Waals surface area contributed by atoms with Crippen molar-refractivity contribution >= 4 is 11.6 Å². The predicted octanol–water partition coefficient (Wildman–Crippen LogP) is 2.98. The Morgan fingerprint density at radius 2 is 1.57 bits per heavy atom. The van der Waals surface area contributed by atoms with Crippen LogP contribution >= 0.6 is 0 Å². The molecule has 0 radical (unpaired) electrons. The highest BCUT2D eigenvalue weighted by Gasteiger charge is 2.21. The zero-order valence-corrected chi connectivity index (χ0v) is 12.9. The summed E-state index contributed by atoms with van der Waals surface area (Å²) in [6, 6.07) is 19.6. The van der Waals surface area contributed by atoms with Crippen LogP contribution in [0.25, 0.3) is 0 Å². The van der Waals surface area contributed by atoms with Crippen LogP contribution in [0.3, 0.4) is 0 Å². The fraction of sp³-hybridized carbons (Fsp3) is 0.263. The van der Waals surface area contributed by atoms with E-state index in [1.807, 2.05) is 60.7 Å². The van der Waals surface area contributed by atoms with E-state index in [1.165, 1.54) is 12.8 Å². The van der Waals surface area contributed by atoms with Gasteiger partial charge in [-0.25, -0.2) is 5.43 Å². The highest BCUT2D eigenvalue weighted by molar-refractivity contribution is 6.13. The maximum atomic E-state index is 11.9. The molecule has 4 nitrogen and oxygen atoms in total. The Morgan fingerprint density at radius 1 is 1.00 bits per heavy atom. The molecular weight excluding hydrogens is 288 g/mol. The molecule has 1 saturated carbocycles. The number of carbonyl (C=O) groups excluding carboxylic acids is 1. The molecule has 3 rings (SSSR count). The molecule has 0 bridgehead atoms. The van der Waals surface area contributed by atoms with E-state index in [0.717, 1.165) is 16.8 Å². The van der Waals surface area contributed by atoms with Crippen molar-refractivity contribution in [1.82, 2.24) is 5.43 Å². The van der Waals surface area contributed by atoms with Crippen LogP contribution in [0.1, 0.15) is 24.0 Å². The summed E-state index contributed by atoms with van der Waals surface area (Å²) in [6.07, 6.45) is 2.43. The molecule has 1 N–H and O–H groups in total. The molecule has 0 atom stereocenters. The van der Waals surface area contributed by atoms with Crippen LogP contribution < -0.4 is 5.43 Å². The van der Waals surface area contributed by atoms with E-state index in [0.29, 0.717) is 12.5 Å². The Bertz CT molecular complexity index is 623. The molecule has 0 saturated heterocycles. The van der Waals surface area contributed by atoms with E-state index in [2.05, 4.69) is 10.5 Å². The van der Waals surface area contributed by atoms with Gasteiger partial charge in [0.25, 0.3) is 5.91 Å². The molecule has 0 unspecified atom stereocenters. The Hall–Kier alpha value is -2.46. The van der Waals surface area contributed by atoms with Gasteiger partial charge in [-0.2, -0.15) is 5.10 Å². The van der Waals surface area contributed by atoms with Gasteiger partial charge in [-0.15, -0.1) is 0 Å². The standard InChI is InChI=1S/C19H20N2O2/c22-18(14-23-13-15-11-12-15)20-21-19(16-7-3-1-4-8-16)17-9-5-2-6-10-17/h1-10,15H,11-14H2,(H,20,22). The van der Waals surface area contributed by atoms with Crippen molar-refractivity contribution in [2.45, 2.75) is 12.8 Å². The summed E-state index contributed by atoms with van der Waals surface area (Å²) < 4.78 is 5.38. The number of hydrogen-bond donors (Lipinski definition) is 1. The molecule has 0 aromatic heterocycles. The molecule has 23 heavy (non-hydrogen) atoms. The average molecular weight is 308 g/mol. The molecule has 4 heteroatoms. The van der Waals surface area contributed by atoms with Crippen molar-refractivity contribution in [3.8, 4) is 0 Å². The molecule has 2 aromatic rings. The van der Waals surface area contributed by atoms with Crippen molar-refractivity contribution in [3.63, 3.8) is 0 Å². The number of nitrogens with zero attached hydrogens (tertiary/aromatic N) is 1. The first-order valence-corrected chi connectivity index (χ1v) is 7.88. The molecular formula is C19H20N2O2. The van der Waals surface area contributed by atoms with E-state index in [9.17, 15) is 4.79 Å². The van der Waals surface area contributed by atoms with Gasteiger partial charge in [0.15, 0.2) is 0 Å². The molecule has 2 aromatic carbocycles. The summed E-state index contributed by atoms with van der Waals surface area (Å²) in [6.45, 7) is 0.720. The third-order valence-electron chi connectivity index (χ3n) is 3.67. The fourth-order valence-corrected chi connectivity index (χ4v) is 2.24. The lowest BCUT2D eigenvalue weighted by atomic mass is 10.0. The monoisotopic (exact) mass is 308 g/mol. The van der Waals surface area contributed by atoms with E-state index in [4.69, 9.17) is 4.74 Å². The molecule has 1 amide bonds. The smallest absolute Gasteiger partial charge is 0.266 e. The Kier molecular flexibility index (Phi) is 5.17. The third-order valence-corrected chi connectivity index (χ3v) is 3.67. The lowest BCUT2D eigenvalue weighted by Crippen LogP contribution is -2.25. The van der Waals surface area contributed by atoms with Crippen LogP contribution in [0.4, 0.5) is 0 Å². The zero-order valence-electron chi connectivity index (χ0n) is 12.9. The first-order valence-electron chi connectivity index (χ1n) is 7.88. The van der Waals surface area contributed by atoms with Gasteiger partial charge >= 0.3 is 0 Å². The fourth-order valence-electron chi connectivity index (χ4n) is 2.24. The first kappa shape index (κ1) is 15.4. The highest BCUT2D eigenvalue weighted by atomic mass is 16.5. The second kappa shape index (κ2) is 7.70. The van der Waals surface area contributed by atoms with Crippen molar-refractivity contribution in [2.75, 3.05) is 13.2 Å². The van der Waals surface area contributed by atoms with Gasteiger partial charge in [-0.3, -0.25) is 4.79 Å². The molecule has 1 fully saturated rings. The van der Waals surface area contributed by atoms with Gasteiger partial charge in [-0.05, 0) is 18.8 Å². The van der Waals surface area contributed by atoms with Crippen molar-refractivity contribution in [1.29, 1.82) is 0 Å². The van der Waals surface area contributed by atoms with Crippen LogP contribution in [0, 0.1) is 5.92 Å². The van der Waals surface area contributed by atoms with Crippen molar-refractivity contribution < 1.29 is 9.53 Å². The van der Waals surface area contributed by atoms with E-state index in [-0.39, 0.29) is 12.5 Å². The van der Waals surface area contributed by atoms with Gasteiger partial charge in [0, 0.05) is 11.1 Å². The van der Waals surface area contributed by atoms with Gasteiger partial charge < -0.3 is 4.74 Å². The topological polar surface area (TPSA) is 50.7 Å². The van der Waals surface area contributed by atoms with Crippen LogP contribution in [0.5, 0.6) is 0 Å². The minimum Gasteiger partial charge on any atom is -0.371 e. The summed E-state index contributed by atoms with van der Waals surface area (Å²) in [7, 11) is 0. The number of amides is 1. The summed E-state index contributed by atoms with van der Waals surface area (Å²) >= 11 is 0. The number of ether oxygens (including phenoxy) is 1. The second-order valence-electron chi connectivity index (χ2n) is 5.69. The highest BCUT2D eigenvalue weighted by Crippen LogP contribution is 2.28. The number of benzene rings is 2. The van der Waals surface area contributed by atoms with Gasteiger partial charge in [-0.1, -0.05) is 60.7 Å². The summed E-state index contributed by atoms with van der Waals surface area (Å²) in [4.78, 5) is 11.9. The minimum absolute atomic E-state index is 0.0524. The van der Waals surface area contributed by atoms with Crippen molar-refractivity contribution in [3.05, 3.63) is 71.8 Å². The Morgan fingerprint density at radius 3 is 2.09 bits per heavy atom. The predicted molar refractivity (Wildman–Crippen MR) is 90.2 cm³/mol. The van der Waals surface area contributed by atoms with E-state index in [1.54, 1.807) is 0 Å². The van der Waals surface area contributed by atoms with Crippen LogP contribution in [-0.2, 0) is 9.53 Å². The SMILES string of the molecule is O=C(COCC1CC1)NN=C(c1ccccc1)c1ccccc1. The zero-order chi connectivity index (χ0) is 15.9. The maximum absolute atomic E-state index is 11.9. The number of hydrazone groups is 1. The normalized spacial score (nSPS) is 13.4. The largest absolute Gasteiger partial charge is 0.371 e. The maximum Gasteiger partial charge on any atom is 0.266 e. The quantitative estimate of drug-likeness (QED) is 0.631. The number of hydrogen-bond acceptors (Lipinski definition) is 3. The van der Waals surface area contributed by atoms with Gasteiger partial charge in [0.2, 0.25) is 0 Å².